The van der Waals surface area contributed by atoms with Crippen molar-refractivity contribution >= 4 is 35.6 Å². The van der Waals surface area contributed by atoms with Crippen LogP contribution in [0.4, 0.5) is 0 Å². The van der Waals surface area contributed by atoms with Crippen LogP contribution in [0.25, 0.3) is 0 Å². The summed E-state index contributed by atoms with van der Waals surface area (Å²) in [6, 6.07) is 0. The van der Waals surface area contributed by atoms with Crippen molar-refractivity contribution in [1.82, 2.24) is 21.3 Å². The third kappa shape index (κ3) is 16.1. The summed E-state index contributed by atoms with van der Waals surface area (Å²) >= 11 is 0. The summed E-state index contributed by atoms with van der Waals surface area (Å²) in [7, 11) is 0. The predicted octanol–water partition coefficient (Wildman–Crippen LogP) is -2.87. The van der Waals surface area contributed by atoms with Crippen LogP contribution in [-0.4, -0.2) is 75.0 Å². The van der Waals surface area contributed by atoms with Crippen molar-refractivity contribution in [1.29, 1.82) is 0 Å². The van der Waals surface area contributed by atoms with E-state index in [9.17, 15) is 28.8 Å². The average Bonchev–Trinajstić information content (AvgIpc) is 2.63. The van der Waals surface area contributed by atoms with Gasteiger partial charge in [-0.05, 0) is 0 Å². The lowest BCUT2D eigenvalue weighted by Crippen LogP contribution is -2.37. The molecule has 0 spiro atoms. The number of rotatable bonds is 12. The summed E-state index contributed by atoms with van der Waals surface area (Å²) < 4.78 is 9.49. The number of amides is 4. The topological polar surface area (TPSA) is 169 Å². The molecule has 12 heteroatoms. The summed E-state index contributed by atoms with van der Waals surface area (Å²) in [6.45, 7) is 2.04. The summed E-state index contributed by atoms with van der Waals surface area (Å²) in [5, 5.41) is 9.43. The Morgan fingerprint density at radius 3 is 1.32 bits per heavy atom. The van der Waals surface area contributed by atoms with Gasteiger partial charge in [0.1, 0.15) is 13.2 Å². The van der Waals surface area contributed by atoms with Crippen molar-refractivity contribution in [2.75, 3.05) is 39.4 Å². The van der Waals surface area contributed by atoms with E-state index in [0.29, 0.717) is 0 Å². The van der Waals surface area contributed by atoms with E-state index in [0.717, 1.165) is 12.2 Å². The molecule has 0 radical (unpaired) electrons. The molecule has 0 aromatic rings. The second-order valence-corrected chi connectivity index (χ2v) is 5.19. The van der Waals surface area contributed by atoms with Gasteiger partial charge in [0.25, 0.3) is 0 Å². The van der Waals surface area contributed by atoms with Gasteiger partial charge in [-0.3, -0.25) is 19.2 Å². The number of carbonyl (C=O) groups is 6. The molecule has 0 fully saturated rings. The van der Waals surface area contributed by atoms with E-state index in [4.69, 9.17) is 9.47 Å². The Hall–Kier alpha value is -3.44. The maximum atomic E-state index is 11.4. The average molecular weight is 400 g/mol. The first-order chi connectivity index (χ1) is 13.2. The molecular weight excluding hydrogens is 376 g/mol. The van der Waals surface area contributed by atoms with Gasteiger partial charge >= 0.3 is 11.9 Å². The van der Waals surface area contributed by atoms with E-state index in [-0.39, 0.29) is 51.2 Å². The maximum absolute atomic E-state index is 11.4. The van der Waals surface area contributed by atoms with E-state index >= 15 is 0 Å². The van der Waals surface area contributed by atoms with Crippen molar-refractivity contribution in [2.24, 2.45) is 0 Å². The highest BCUT2D eigenvalue weighted by atomic mass is 16.5. The lowest BCUT2D eigenvalue weighted by molar-refractivity contribution is -0.140. The zero-order valence-corrected chi connectivity index (χ0v) is 15.7. The molecule has 0 aliphatic rings. The summed E-state index contributed by atoms with van der Waals surface area (Å²) in [5.41, 5.74) is 0. The zero-order valence-electron chi connectivity index (χ0n) is 15.7. The Balaban J connectivity index is 3.77. The molecule has 4 amide bonds. The third-order valence-corrected chi connectivity index (χ3v) is 2.69. The maximum Gasteiger partial charge on any atom is 0.331 e. The van der Waals surface area contributed by atoms with Crippen molar-refractivity contribution < 1.29 is 38.2 Å². The van der Waals surface area contributed by atoms with Crippen LogP contribution in [0.15, 0.2) is 12.2 Å². The number of nitrogens with one attached hydrogen (secondary N) is 4. The molecule has 0 unspecified atom stereocenters. The fourth-order valence-corrected chi connectivity index (χ4v) is 1.45. The molecule has 0 saturated carbocycles. The summed E-state index contributed by atoms with van der Waals surface area (Å²) in [6.07, 6.45) is 1.72. The second-order valence-electron chi connectivity index (χ2n) is 5.19. The largest absolute Gasteiger partial charge is 0.461 e. The molecule has 0 rings (SSSR count). The quantitative estimate of drug-likeness (QED) is 0.154. The molecule has 0 aliphatic carbocycles. The van der Waals surface area contributed by atoms with E-state index in [2.05, 4.69) is 21.3 Å². The van der Waals surface area contributed by atoms with Crippen molar-refractivity contribution in [3.63, 3.8) is 0 Å². The van der Waals surface area contributed by atoms with Gasteiger partial charge in [0.05, 0.1) is 26.2 Å². The van der Waals surface area contributed by atoms with Gasteiger partial charge in [-0.25, -0.2) is 9.59 Å². The highest BCUT2D eigenvalue weighted by Crippen LogP contribution is 1.85. The first kappa shape index (κ1) is 24.6. The standard InChI is InChI=1S/C16H24N4O8/c1-11(21)19-9-13(23)17-5-7-27-15(25)3-4-16(26)28-8-6-18-14(24)10-20-12(2)22/h3-4H,5-10H2,1-2H3,(H,17,23)(H,18,24)(H,19,21)(H,20,22)/b4-3+. The number of hydrogen-bond acceptors (Lipinski definition) is 8. The second kappa shape index (κ2) is 14.7. The molecule has 0 atom stereocenters. The summed E-state index contributed by atoms with van der Waals surface area (Å²) in [5.74, 6) is -3.17. The van der Waals surface area contributed by atoms with Gasteiger partial charge in [-0.2, -0.15) is 0 Å². The zero-order chi connectivity index (χ0) is 21.4. The normalized spacial score (nSPS) is 9.93. The van der Waals surface area contributed by atoms with Gasteiger partial charge in [-0.1, -0.05) is 0 Å². The smallest absolute Gasteiger partial charge is 0.331 e. The molecule has 4 N–H and O–H groups in total. The first-order valence-corrected chi connectivity index (χ1v) is 8.24. The number of esters is 2. The molecule has 12 nitrogen and oxygen atoms in total. The van der Waals surface area contributed by atoms with Gasteiger partial charge < -0.3 is 30.7 Å². The van der Waals surface area contributed by atoms with Crippen LogP contribution in [0, 0.1) is 0 Å². The Morgan fingerprint density at radius 2 is 1.00 bits per heavy atom. The fraction of sp³-hybridized carbons (Fsp3) is 0.500. The monoisotopic (exact) mass is 400 g/mol. The van der Waals surface area contributed by atoms with Crippen LogP contribution < -0.4 is 21.3 Å². The SMILES string of the molecule is CC(=O)NCC(=O)NCCOC(=O)/C=C/C(=O)OCCNC(=O)CNC(C)=O. The van der Waals surface area contributed by atoms with Crippen LogP contribution in [-0.2, 0) is 38.2 Å². The molecule has 28 heavy (non-hydrogen) atoms. The van der Waals surface area contributed by atoms with Crippen LogP contribution in [0.1, 0.15) is 13.8 Å². The molecule has 156 valence electrons. The summed E-state index contributed by atoms with van der Waals surface area (Å²) in [4.78, 5) is 66.5. The molecule has 0 aromatic heterocycles. The predicted molar refractivity (Wildman–Crippen MR) is 94.4 cm³/mol. The van der Waals surface area contributed by atoms with Crippen LogP contribution >= 0.6 is 0 Å². The van der Waals surface area contributed by atoms with Crippen LogP contribution in [0.2, 0.25) is 0 Å². The molecule has 0 bridgehead atoms. The molecular formula is C16H24N4O8. The Kier molecular flexibility index (Phi) is 12.9. The van der Waals surface area contributed by atoms with E-state index in [1.54, 1.807) is 0 Å². The van der Waals surface area contributed by atoms with Crippen molar-refractivity contribution in [3.8, 4) is 0 Å². The van der Waals surface area contributed by atoms with E-state index in [1.807, 2.05) is 0 Å². The fourth-order valence-electron chi connectivity index (χ4n) is 1.45. The first-order valence-electron chi connectivity index (χ1n) is 8.24. The van der Waals surface area contributed by atoms with Gasteiger partial charge in [0, 0.05) is 26.0 Å². The van der Waals surface area contributed by atoms with Crippen LogP contribution in [0.3, 0.4) is 0 Å². The molecule has 0 aliphatic heterocycles. The minimum absolute atomic E-state index is 0.0423. The van der Waals surface area contributed by atoms with Gasteiger partial charge in [0.2, 0.25) is 23.6 Å². The highest BCUT2D eigenvalue weighted by Gasteiger charge is 2.05. The number of hydrogen-bond donors (Lipinski definition) is 4. The molecule has 0 aromatic carbocycles. The third-order valence-electron chi connectivity index (χ3n) is 2.69. The minimum Gasteiger partial charge on any atom is -0.461 e. The number of ether oxygens (including phenoxy) is 2. The number of carbonyl (C=O) groups excluding carboxylic acids is 6. The van der Waals surface area contributed by atoms with Crippen molar-refractivity contribution in [2.45, 2.75) is 13.8 Å². The molecule has 0 saturated heterocycles. The highest BCUT2D eigenvalue weighted by molar-refractivity contribution is 5.91. The van der Waals surface area contributed by atoms with E-state index < -0.39 is 23.8 Å². The van der Waals surface area contributed by atoms with E-state index in [1.165, 1.54) is 13.8 Å². The minimum atomic E-state index is -0.809. The Morgan fingerprint density at radius 1 is 0.643 bits per heavy atom. The van der Waals surface area contributed by atoms with Gasteiger partial charge in [-0.15, -0.1) is 0 Å². The van der Waals surface area contributed by atoms with Crippen molar-refractivity contribution in [3.05, 3.63) is 12.2 Å². The Bertz CT molecular complexity index is 566. The molecule has 0 heterocycles. The lowest BCUT2D eigenvalue weighted by atomic mass is 10.5. The lowest BCUT2D eigenvalue weighted by Gasteiger charge is -2.06. The Labute approximate surface area is 161 Å². The van der Waals surface area contributed by atoms with Gasteiger partial charge in [0.15, 0.2) is 0 Å². The van der Waals surface area contributed by atoms with Crippen LogP contribution in [0.5, 0.6) is 0 Å².